The van der Waals surface area contributed by atoms with Crippen molar-refractivity contribution >= 4 is 17.9 Å². The quantitative estimate of drug-likeness (QED) is 0.0261. The van der Waals surface area contributed by atoms with Gasteiger partial charge in [0.05, 0.1) is 0 Å². The van der Waals surface area contributed by atoms with Gasteiger partial charge in [0.25, 0.3) is 0 Å². The Morgan fingerprint density at radius 3 is 0.810 bits per heavy atom. The van der Waals surface area contributed by atoms with E-state index in [1.807, 2.05) is 0 Å². The van der Waals surface area contributed by atoms with Gasteiger partial charge in [0, 0.05) is 19.3 Å². The van der Waals surface area contributed by atoms with Gasteiger partial charge in [0.1, 0.15) is 13.2 Å². The number of rotatable bonds is 59. The van der Waals surface area contributed by atoms with Crippen molar-refractivity contribution in [2.24, 2.45) is 0 Å². The van der Waals surface area contributed by atoms with E-state index in [2.05, 4.69) is 142 Å². The zero-order valence-corrected chi connectivity index (χ0v) is 51.6. The second-order valence-electron chi connectivity index (χ2n) is 21.6. The lowest BCUT2D eigenvalue weighted by atomic mass is 10.0. The molecule has 0 heterocycles. The molecule has 0 saturated heterocycles. The average molecular weight is 1100 g/mol. The molecule has 6 heteroatoms. The second-order valence-corrected chi connectivity index (χ2v) is 21.6. The second kappa shape index (κ2) is 66.3. The maximum atomic E-state index is 12.9. The third-order valence-corrected chi connectivity index (χ3v) is 13.9. The molecule has 0 aliphatic rings. The summed E-state index contributed by atoms with van der Waals surface area (Å²) in [7, 11) is 0. The van der Waals surface area contributed by atoms with Crippen LogP contribution in [0.3, 0.4) is 0 Å². The van der Waals surface area contributed by atoms with Crippen LogP contribution in [0.1, 0.15) is 303 Å². The SMILES string of the molecule is CC/C=C\C/C=C\C/C=C\C/C=C\C/C=C\C/C=C\C/C=C\CCCCCCCCCCCCCC(=O)OCC(COC(=O)CCCCCCC/C=C\CCCCC)OC(=O)CCCCCCC/C=C\C/C=C\CCCCCC. The number of carbonyl (C=O) groups excluding carboxylic acids is 3. The molecule has 79 heavy (non-hydrogen) atoms. The predicted octanol–water partition coefficient (Wildman–Crippen LogP) is 22.8. The van der Waals surface area contributed by atoms with Crippen molar-refractivity contribution < 1.29 is 28.6 Å². The Bertz CT molecular complexity index is 1640. The van der Waals surface area contributed by atoms with E-state index in [0.29, 0.717) is 19.3 Å². The Hall–Kier alpha value is -4.19. The lowest BCUT2D eigenvalue weighted by Gasteiger charge is -2.18. The lowest BCUT2D eigenvalue weighted by Crippen LogP contribution is -2.30. The molecule has 450 valence electrons. The Morgan fingerprint density at radius 1 is 0.266 bits per heavy atom. The van der Waals surface area contributed by atoms with Gasteiger partial charge < -0.3 is 14.2 Å². The molecule has 0 saturated carbocycles. The van der Waals surface area contributed by atoms with E-state index in [1.54, 1.807) is 0 Å². The fraction of sp³-hybridized carbons (Fsp3) is 0.685. The summed E-state index contributed by atoms with van der Waals surface area (Å²) in [6.45, 7) is 6.48. The number of allylic oxidation sites excluding steroid dienone is 20. The van der Waals surface area contributed by atoms with Crippen LogP contribution in [-0.4, -0.2) is 37.2 Å². The van der Waals surface area contributed by atoms with Crippen LogP contribution in [0.25, 0.3) is 0 Å². The summed E-state index contributed by atoms with van der Waals surface area (Å²) in [6.07, 6.45) is 92.1. The Labute approximate surface area is 488 Å². The molecule has 0 aliphatic heterocycles. The Kier molecular flexibility index (Phi) is 62.8. The molecule has 0 N–H and O–H groups in total. The molecule has 0 aliphatic carbocycles. The van der Waals surface area contributed by atoms with E-state index in [9.17, 15) is 14.4 Å². The summed E-state index contributed by atoms with van der Waals surface area (Å²) >= 11 is 0. The van der Waals surface area contributed by atoms with Gasteiger partial charge >= 0.3 is 17.9 Å². The Balaban J connectivity index is 4.23. The molecule has 0 aromatic carbocycles. The van der Waals surface area contributed by atoms with E-state index in [-0.39, 0.29) is 31.1 Å². The van der Waals surface area contributed by atoms with Crippen LogP contribution in [0.5, 0.6) is 0 Å². The van der Waals surface area contributed by atoms with Gasteiger partial charge in [-0.1, -0.05) is 271 Å². The number of hydrogen-bond acceptors (Lipinski definition) is 6. The standard InChI is InChI=1S/C73H122O6/c1-4-7-10-13-16-19-22-25-27-29-30-31-32-33-34-35-36-37-38-39-40-41-42-43-44-45-47-48-51-54-57-60-63-66-72(75)78-69-70(68-77-71(74)65-62-59-56-53-50-24-21-18-15-12-9-6-3)79-73(76)67-64-61-58-55-52-49-46-28-26-23-20-17-14-11-8-5-2/h7,10,16,18-21,23,25,27-28,30-31,33-34,36-37,39-40,46,70H,4-6,8-9,11-15,17,22,24,26,29,32,35,38,41-45,47-69H2,1-3H3/b10-7-,19-16-,21-18-,23-20-,27-25-,31-30-,34-33-,37-36-,40-39-,46-28-. The van der Waals surface area contributed by atoms with E-state index < -0.39 is 6.10 Å². The number of unbranched alkanes of at least 4 members (excludes halogenated alkanes) is 28. The summed E-state index contributed by atoms with van der Waals surface area (Å²) in [5, 5.41) is 0. The van der Waals surface area contributed by atoms with Crippen molar-refractivity contribution in [2.75, 3.05) is 13.2 Å². The van der Waals surface area contributed by atoms with E-state index >= 15 is 0 Å². The van der Waals surface area contributed by atoms with Gasteiger partial charge in [-0.2, -0.15) is 0 Å². The van der Waals surface area contributed by atoms with Gasteiger partial charge in [-0.25, -0.2) is 0 Å². The summed E-state index contributed by atoms with van der Waals surface area (Å²) in [6, 6.07) is 0. The van der Waals surface area contributed by atoms with Gasteiger partial charge in [-0.3, -0.25) is 14.4 Å². The topological polar surface area (TPSA) is 78.9 Å². The number of ether oxygens (including phenoxy) is 3. The smallest absolute Gasteiger partial charge is 0.306 e. The van der Waals surface area contributed by atoms with Gasteiger partial charge in [-0.15, -0.1) is 0 Å². The third kappa shape index (κ3) is 64.5. The molecule has 0 aromatic heterocycles. The van der Waals surface area contributed by atoms with Crippen LogP contribution in [0.2, 0.25) is 0 Å². The molecule has 0 spiro atoms. The molecular weight excluding hydrogens is 973 g/mol. The largest absolute Gasteiger partial charge is 0.462 e. The molecular formula is C73H122O6. The molecule has 0 radical (unpaired) electrons. The van der Waals surface area contributed by atoms with Crippen LogP contribution in [0.15, 0.2) is 122 Å². The summed E-state index contributed by atoms with van der Waals surface area (Å²) in [5.74, 6) is -0.909. The van der Waals surface area contributed by atoms with Crippen molar-refractivity contribution in [3.05, 3.63) is 122 Å². The van der Waals surface area contributed by atoms with Crippen molar-refractivity contribution in [1.29, 1.82) is 0 Å². The van der Waals surface area contributed by atoms with E-state index in [4.69, 9.17) is 14.2 Å². The highest BCUT2D eigenvalue weighted by atomic mass is 16.6. The van der Waals surface area contributed by atoms with Crippen molar-refractivity contribution in [1.82, 2.24) is 0 Å². The van der Waals surface area contributed by atoms with E-state index in [0.717, 1.165) is 135 Å². The zero-order valence-electron chi connectivity index (χ0n) is 51.6. The predicted molar refractivity (Wildman–Crippen MR) is 343 cm³/mol. The lowest BCUT2D eigenvalue weighted by molar-refractivity contribution is -0.167. The summed E-state index contributed by atoms with van der Waals surface area (Å²) in [4.78, 5) is 38.3. The molecule has 0 amide bonds. The van der Waals surface area contributed by atoms with Crippen LogP contribution in [0, 0.1) is 0 Å². The van der Waals surface area contributed by atoms with Crippen molar-refractivity contribution in [2.45, 2.75) is 309 Å². The van der Waals surface area contributed by atoms with Crippen LogP contribution < -0.4 is 0 Å². The molecule has 0 rings (SSSR count). The molecule has 6 nitrogen and oxygen atoms in total. The monoisotopic (exact) mass is 1090 g/mol. The van der Waals surface area contributed by atoms with Crippen LogP contribution >= 0.6 is 0 Å². The minimum atomic E-state index is -0.792. The first kappa shape index (κ1) is 74.8. The number of esters is 3. The normalized spacial score (nSPS) is 12.9. The fourth-order valence-electron chi connectivity index (χ4n) is 8.98. The fourth-order valence-corrected chi connectivity index (χ4v) is 8.98. The van der Waals surface area contributed by atoms with Crippen molar-refractivity contribution in [3.8, 4) is 0 Å². The summed E-state index contributed by atoms with van der Waals surface area (Å²) < 4.78 is 16.9. The molecule has 1 atom stereocenters. The number of hydrogen-bond donors (Lipinski definition) is 0. The van der Waals surface area contributed by atoms with Crippen LogP contribution in [-0.2, 0) is 28.6 Å². The molecule has 0 aromatic rings. The van der Waals surface area contributed by atoms with E-state index in [1.165, 1.54) is 128 Å². The van der Waals surface area contributed by atoms with Gasteiger partial charge in [-0.05, 0) is 135 Å². The zero-order chi connectivity index (χ0) is 57.1. The third-order valence-electron chi connectivity index (χ3n) is 13.9. The average Bonchev–Trinajstić information content (AvgIpc) is 3.45. The first-order valence-corrected chi connectivity index (χ1v) is 33.0. The molecule has 0 bridgehead atoms. The first-order valence-electron chi connectivity index (χ1n) is 33.0. The minimum absolute atomic E-state index is 0.0884. The summed E-state index contributed by atoms with van der Waals surface area (Å²) in [5.41, 5.74) is 0. The first-order chi connectivity index (χ1) is 39.0. The highest BCUT2D eigenvalue weighted by Gasteiger charge is 2.19. The molecule has 1 unspecified atom stereocenters. The van der Waals surface area contributed by atoms with Crippen LogP contribution in [0.4, 0.5) is 0 Å². The molecule has 0 fully saturated rings. The van der Waals surface area contributed by atoms with Gasteiger partial charge in [0.2, 0.25) is 0 Å². The van der Waals surface area contributed by atoms with Crippen molar-refractivity contribution in [3.63, 3.8) is 0 Å². The minimum Gasteiger partial charge on any atom is -0.462 e. The Morgan fingerprint density at radius 2 is 0.494 bits per heavy atom. The maximum Gasteiger partial charge on any atom is 0.306 e. The van der Waals surface area contributed by atoms with Gasteiger partial charge in [0.15, 0.2) is 6.10 Å². The maximum absolute atomic E-state index is 12.9. The highest BCUT2D eigenvalue weighted by Crippen LogP contribution is 2.15. The highest BCUT2D eigenvalue weighted by molar-refractivity contribution is 5.71. The number of carbonyl (C=O) groups is 3.